The fraction of sp³-hybridized carbons (Fsp3) is 0.600. The Morgan fingerprint density at radius 3 is 2.95 bits per heavy atom. The van der Waals surface area contributed by atoms with E-state index in [1.807, 2.05) is 12.4 Å². The van der Waals surface area contributed by atoms with Crippen LogP contribution in [0.25, 0.3) is 0 Å². The van der Waals surface area contributed by atoms with Crippen LogP contribution in [-0.2, 0) is 13.1 Å². The average Bonchev–Trinajstić information content (AvgIpc) is 3.18. The second-order valence-electron chi connectivity index (χ2n) is 5.48. The first-order chi connectivity index (χ1) is 9.86. The Balaban J connectivity index is 1.67. The minimum atomic E-state index is 0.618. The fourth-order valence-electron chi connectivity index (χ4n) is 2.90. The van der Waals surface area contributed by atoms with Gasteiger partial charge in [0.15, 0.2) is 0 Å². The Labute approximate surface area is 120 Å². The van der Waals surface area contributed by atoms with Gasteiger partial charge in [-0.3, -0.25) is 4.68 Å². The van der Waals surface area contributed by atoms with Crippen LogP contribution in [0.1, 0.15) is 50.2 Å². The summed E-state index contributed by atoms with van der Waals surface area (Å²) in [6.07, 6.45) is 11.3. The number of imidazole rings is 1. The van der Waals surface area contributed by atoms with Crippen molar-refractivity contribution in [3.63, 3.8) is 0 Å². The minimum absolute atomic E-state index is 0.618. The molecular weight excluding hydrogens is 250 g/mol. The molecule has 0 radical (unpaired) electrons. The lowest BCUT2D eigenvalue weighted by atomic mass is 10.3. The lowest BCUT2D eigenvalue weighted by Gasteiger charge is -2.09. The number of rotatable bonds is 6. The average molecular weight is 273 g/mol. The fourth-order valence-corrected chi connectivity index (χ4v) is 2.90. The summed E-state index contributed by atoms with van der Waals surface area (Å²) in [4.78, 5) is 4.40. The highest BCUT2D eigenvalue weighted by Crippen LogP contribution is 2.28. The van der Waals surface area contributed by atoms with Crippen LogP contribution < -0.4 is 5.32 Å². The molecule has 2 aromatic heterocycles. The lowest BCUT2D eigenvalue weighted by molar-refractivity contribution is 0.461. The maximum absolute atomic E-state index is 4.74. The van der Waals surface area contributed by atoms with E-state index in [1.165, 1.54) is 25.7 Å². The van der Waals surface area contributed by atoms with E-state index in [-0.39, 0.29) is 0 Å². The molecule has 0 aromatic carbocycles. The van der Waals surface area contributed by atoms with E-state index >= 15 is 0 Å². The van der Waals surface area contributed by atoms with Crippen LogP contribution in [0.5, 0.6) is 0 Å². The van der Waals surface area contributed by atoms with Gasteiger partial charge in [0.1, 0.15) is 5.82 Å². The smallest absolute Gasteiger partial charge is 0.123 e. The van der Waals surface area contributed by atoms with E-state index in [2.05, 4.69) is 38.7 Å². The molecule has 0 saturated heterocycles. The molecule has 0 bridgehead atoms. The quantitative estimate of drug-likeness (QED) is 0.879. The van der Waals surface area contributed by atoms with Crippen molar-refractivity contribution in [3.8, 4) is 0 Å². The van der Waals surface area contributed by atoms with Gasteiger partial charge >= 0.3 is 0 Å². The van der Waals surface area contributed by atoms with Crippen molar-refractivity contribution in [2.45, 2.75) is 51.7 Å². The van der Waals surface area contributed by atoms with Crippen LogP contribution in [0.15, 0.2) is 24.7 Å². The highest BCUT2D eigenvalue weighted by Gasteiger charge is 2.17. The molecule has 2 aromatic rings. The molecule has 1 N–H and O–H groups in total. The Kier molecular flexibility index (Phi) is 4.16. The SMILES string of the molecule is CCNCc1nccn1Cc1ccn(C2CCCC2)n1. The third kappa shape index (κ3) is 2.93. The monoisotopic (exact) mass is 273 g/mol. The maximum Gasteiger partial charge on any atom is 0.123 e. The number of aromatic nitrogens is 4. The van der Waals surface area contributed by atoms with Gasteiger partial charge in [-0.1, -0.05) is 19.8 Å². The molecule has 1 saturated carbocycles. The molecule has 0 aliphatic heterocycles. The molecule has 20 heavy (non-hydrogen) atoms. The summed E-state index contributed by atoms with van der Waals surface area (Å²) in [5.41, 5.74) is 1.12. The van der Waals surface area contributed by atoms with E-state index in [4.69, 9.17) is 5.10 Å². The summed E-state index contributed by atoms with van der Waals surface area (Å²) in [5.74, 6) is 1.07. The largest absolute Gasteiger partial charge is 0.328 e. The van der Waals surface area contributed by atoms with Gasteiger partial charge in [0, 0.05) is 18.6 Å². The number of hydrogen-bond donors (Lipinski definition) is 1. The number of hydrogen-bond acceptors (Lipinski definition) is 3. The van der Waals surface area contributed by atoms with Gasteiger partial charge in [0.05, 0.1) is 24.8 Å². The minimum Gasteiger partial charge on any atom is -0.328 e. The molecule has 5 heteroatoms. The van der Waals surface area contributed by atoms with Crippen molar-refractivity contribution in [1.82, 2.24) is 24.6 Å². The number of nitrogens with one attached hydrogen (secondary N) is 1. The van der Waals surface area contributed by atoms with Crippen molar-refractivity contribution >= 4 is 0 Å². The zero-order valence-corrected chi connectivity index (χ0v) is 12.1. The molecule has 5 nitrogen and oxygen atoms in total. The predicted molar refractivity (Wildman–Crippen MR) is 78.4 cm³/mol. The molecule has 3 rings (SSSR count). The molecule has 0 spiro atoms. The zero-order valence-electron chi connectivity index (χ0n) is 12.1. The van der Waals surface area contributed by atoms with E-state index in [1.54, 1.807) is 0 Å². The molecule has 0 amide bonds. The molecule has 1 fully saturated rings. The van der Waals surface area contributed by atoms with Gasteiger partial charge in [-0.25, -0.2) is 4.98 Å². The first-order valence-electron chi connectivity index (χ1n) is 7.61. The maximum atomic E-state index is 4.74. The van der Waals surface area contributed by atoms with Crippen LogP contribution in [0.2, 0.25) is 0 Å². The zero-order chi connectivity index (χ0) is 13.8. The van der Waals surface area contributed by atoms with Crippen molar-refractivity contribution in [2.75, 3.05) is 6.54 Å². The summed E-state index contributed by atoms with van der Waals surface area (Å²) in [6, 6.07) is 2.75. The van der Waals surface area contributed by atoms with Gasteiger partial charge in [-0.2, -0.15) is 5.10 Å². The Morgan fingerprint density at radius 2 is 2.15 bits per heavy atom. The van der Waals surface area contributed by atoms with E-state index < -0.39 is 0 Å². The third-order valence-corrected chi connectivity index (χ3v) is 4.03. The predicted octanol–water partition coefficient (Wildman–Crippen LogP) is 2.35. The normalized spacial score (nSPS) is 16.1. The molecule has 1 aliphatic carbocycles. The summed E-state index contributed by atoms with van der Waals surface area (Å²) in [5, 5.41) is 8.05. The van der Waals surface area contributed by atoms with E-state index in [9.17, 15) is 0 Å². The lowest BCUT2D eigenvalue weighted by Crippen LogP contribution is -2.16. The molecular formula is C15H23N5. The molecule has 0 unspecified atom stereocenters. The van der Waals surface area contributed by atoms with Gasteiger partial charge in [0.25, 0.3) is 0 Å². The Bertz CT molecular complexity index is 536. The van der Waals surface area contributed by atoms with E-state index in [0.29, 0.717) is 6.04 Å². The van der Waals surface area contributed by atoms with Crippen LogP contribution in [-0.4, -0.2) is 25.9 Å². The summed E-state index contributed by atoms with van der Waals surface area (Å²) < 4.78 is 4.33. The molecule has 1 aliphatic rings. The van der Waals surface area contributed by atoms with Gasteiger partial charge in [-0.05, 0) is 25.5 Å². The second-order valence-corrected chi connectivity index (χ2v) is 5.48. The first kappa shape index (κ1) is 13.4. The Hall–Kier alpha value is -1.62. The van der Waals surface area contributed by atoms with E-state index in [0.717, 1.165) is 31.2 Å². The molecule has 0 atom stereocenters. The highest BCUT2D eigenvalue weighted by molar-refractivity contribution is 5.04. The summed E-state index contributed by atoms with van der Waals surface area (Å²) >= 11 is 0. The van der Waals surface area contributed by atoms with Crippen LogP contribution in [0.4, 0.5) is 0 Å². The van der Waals surface area contributed by atoms with Crippen LogP contribution in [0.3, 0.4) is 0 Å². The Morgan fingerprint density at radius 1 is 1.30 bits per heavy atom. The standard InChI is InChI=1S/C15H23N5/c1-2-16-11-15-17-8-10-19(15)12-13-7-9-20(18-13)14-5-3-4-6-14/h7-10,14,16H,2-6,11-12H2,1H3. The second kappa shape index (κ2) is 6.22. The molecule has 2 heterocycles. The summed E-state index contributed by atoms with van der Waals surface area (Å²) in [7, 11) is 0. The van der Waals surface area contributed by atoms with Gasteiger partial charge in [-0.15, -0.1) is 0 Å². The first-order valence-corrected chi connectivity index (χ1v) is 7.61. The molecule has 108 valence electrons. The topological polar surface area (TPSA) is 47.7 Å². The van der Waals surface area contributed by atoms with Crippen molar-refractivity contribution in [1.29, 1.82) is 0 Å². The summed E-state index contributed by atoms with van der Waals surface area (Å²) in [6.45, 7) is 4.69. The van der Waals surface area contributed by atoms with Crippen molar-refractivity contribution in [3.05, 3.63) is 36.2 Å². The third-order valence-electron chi connectivity index (χ3n) is 4.03. The van der Waals surface area contributed by atoms with Gasteiger partial charge in [0.2, 0.25) is 0 Å². The van der Waals surface area contributed by atoms with Crippen LogP contribution in [0, 0.1) is 0 Å². The highest BCUT2D eigenvalue weighted by atomic mass is 15.3. The van der Waals surface area contributed by atoms with Gasteiger partial charge < -0.3 is 9.88 Å². The van der Waals surface area contributed by atoms with Crippen molar-refractivity contribution < 1.29 is 0 Å². The van der Waals surface area contributed by atoms with Crippen LogP contribution >= 0.6 is 0 Å². The number of nitrogens with zero attached hydrogens (tertiary/aromatic N) is 4. The van der Waals surface area contributed by atoms with Crippen molar-refractivity contribution in [2.24, 2.45) is 0 Å².